The second kappa shape index (κ2) is 5.70. The number of hydrogen-bond donors (Lipinski definition) is 0. The molecule has 0 atom stereocenters. The first kappa shape index (κ1) is 19.5. The van der Waals surface area contributed by atoms with Gasteiger partial charge in [0.05, 0.1) is 12.5 Å². The van der Waals surface area contributed by atoms with Gasteiger partial charge in [0.15, 0.2) is 5.12 Å². The molecule has 0 unspecified atom stereocenters. The molecule has 0 rings (SSSR count). The summed E-state index contributed by atoms with van der Waals surface area (Å²) in [6.45, 7) is 17.6. The Morgan fingerprint density at radius 3 is 1.50 bits per heavy atom. The molecule has 0 aliphatic carbocycles. The highest BCUT2D eigenvalue weighted by Crippen LogP contribution is 2.49. The molecular weight excluding hydrogens is 272 g/mol. The van der Waals surface area contributed by atoms with Crippen molar-refractivity contribution in [3.63, 3.8) is 0 Å². The SMILES string of the molecule is COC(=O)C(C)(C)C(C)(C)C(=O)SC(C)(C)C(C)(C)C. The van der Waals surface area contributed by atoms with E-state index < -0.39 is 10.8 Å². The average molecular weight is 302 g/mol. The lowest BCUT2D eigenvalue weighted by Crippen LogP contribution is -2.46. The molecule has 0 aliphatic rings. The Hall–Kier alpha value is -0.510. The summed E-state index contributed by atoms with van der Waals surface area (Å²) < 4.78 is 4.63. The minimum atomic E-state index is -0.861. The van der Waals surface area contributed by atoms with Gasteiger partial charge in [0.25, 0.3) is 0 Å². The molecule has 0 aromatic carbocycles. The zero-order valence-electron chi connectivity index (χ0n) is 14.6. The van der Waals surface area contributed by atoms with Crippen LogP contribution in [0.15, 0.2) is 0 Å². The van der Waals surface area contributed by atoms with Crippen LogP contribution in [0.3, 0.4) is 0 Å². The van der Waals surface area contributed by atoms with Crippen LogP contribution >= 0.6 is 11.8 Å². The van der Waals surface area contributed by atoms with Crippen molar-refractivity contribution >= 4 is 22.8 Å². The van der Waals surface area contributed by atoms with Crippen molar-refractivity contribution in [2.45, 2.75) is 67.1 Å². The molecule has 0 N–H and O–H groups in total. The van der Waals surface area contributed by atoms with Crippen LogP contribution < -0.4 is 0 Å². The number of hydrogen-bond acceptors (Lipinski definition) is 4. The topological polar surface area (TPSA) is 43.4 Å². The molecule has 4 heteroatoms. The highest BCUT2D eigenvalue weighted by Gasteiger charge is 2.51. The summed E-state index contributed by atoms with van der Waals surface area (Å²) in [6.07, 6.45) is 0. The Kier molecular flexibility index (Phi) is 5.56. The number of rotatable bonds is 4. The van der Waals surface area contributed by atoms with Crippen LogP contribution in [0.2, 0.25) is 0 Å². The van der Waals surface area contributed by atoms with Crippen molar-refractivity contribution in [3.8, 4) is 0 Å². The predicted octanol–water partition coefficient (Wildman–Crippen LogP) is 4.30. The van der Waals surface area contributed by atoms with E-state index in [-0.39, 0.29) is 21.2 Å². The fraction of sp³-hybridized carbons (Fsp3) is 0.875. The first-order chi connectivity index (χ1) is 8.61. The molecule has 0 aliphatic heterocycles. The van der Waals surface area contributed by atoms with Gasteiger partial charge in [0, 0.05) is 10.2 Å². The standard InChI is InChI=1S/C16H30O3S/c1-13(2,3)16(8,9)20-12(18)15(6,7)14(4,5)11(17)19-10/h1-10H3. The van der Waals surface area contributed by atoms with E-state index in [0.29, 0.717) is 0 Å². The lowest BCUT2D eigenvalue weighted by Gasteiger charge is -2.42. The van der Waals surface area contributed by atoms with Gasteiger partial charge >= 0.3 is 5.97 Å². The highest BCUT2D eigenvalue weighted by molar-refractivity contribution is 8.14. The molecule has 0 saturated carbocycles. The lowest BCUT2D eigenvalue weighted by molar-refractivity contribution is -0.160. The van der Waals surface area contributed by atoms with Crippen molar-refractivity contribution in [2.24, 2.45) is 16.2 Å². The molecular formula is C16H30O3S. The Labute approximate surface area is 128 Å². The molecule has 118 valence electrons. The second-order valence-electron chi connectivity index (χ2n) is 7.89. The summed E-state index contributed by atoms with van der Waals surface area (Å²) in [6, 6.07) is 0. The van der Waals surface area contributed by atoms with Crippen molar-refractivity contribution in [3.05, 3.63) is 0 Å². The summed E-state index contributed by atoms with van der Waals surface area (Å²) in [5.74, 6) is -0.356. The van der Waals surface area contributed by atoms with Gasteiger partial charge in [-0.25, -0.2) is 0 Å². The Bertz CT molecular complexity index is 387. The van der Waals surface area contributed by atoms with Crippen LogP contribution in [0.1, 0.15) is 62.3 Å². The molecule has 0 aromatic rings. The van der Waals surface area contributed by atoms with E-state index in [4.69, 9.17) is 4.74 Å². The average Bonchev–Trinajstić information content (AvgIpc) is 2.25. The van der Waals surface area contributed by atoms with Crippen molar-refractivity contribution < 1.29 is 14.3 Å². The third kappa shape index (κ3) is 3.57. The summed E-state index contributed by atoms with van der Waals surface area (Å²) in [4.78, 5) is 24.7. The van der Waals surface area contributed by atoms with E-state index in [1.807, 2.05) is 13.8 Å². The molecule has 0 fully saturated rings. The van der Waals surface area contributed by atoms with Crippen LogP contribution in [0.25, 0.3) is 0 Å². The molecule has 20 heavy (non-hydrogen) atoms. The monoisotopic (exact) mass is 302 g/mol. The van der Waals surface area contributed by atoms with Gasteiger partial charge in [0.2, 0.25) is 0 Å². The van der Waals surface area contributed by atoms with Gasteiger partial charge in [-0.3, -0.25) is 9.59 Å². The number of carbonyl (C=O) groups is 2. The van der Waals surface area contributed by atoms with Crippen LogP contribution in [0, 0.1) is 16.2 Å². The quantitative estimate of drug-likeness (QED) is 0.726. The van der Waals surface area contributed by atoms with Gasteiger partial charge in [-0.2, -0.15) is 0 Å². The molecule has 0 spiro atoms. The molecule has 0 amide bonds. The Morgan fingerprint density at radius 2 is 1.20 bits per heavy atom. The third-order valence-corrected chi connectivity index (χ3v) is 6.74. The first-order valence-corrected chi connectivity index (χ1v) is 7.75. The summed E-state index contributed by atoms with van der Waals surface area (Å²) in [5.41, 5.74) is -1.67. The minimum Gasteiger partial charge on any atom is -0.469 e. The lowest BCUT2D eigenvalue weighted by atomic mass is 9.68. The van der Waals surface area contributed by atoms with Crippen LogP contribution in [0.5, 0.6) is 0 Å². The fourth-order valence-corrected chi connectivity index (χ4v) is 2.56. The molecule has 3 nitrogen and oxygen atoms in total. The zero-order valence-corrected chi connectivity index (χ0v) is 15.4. The van der Waals surface area contributed by atoms with E-state index in [1.54, 1.807) is 13.8 Å². The molecule has 0 saturated heterocycles. The maximum atomic E-state index is 12.7. The van der Waals surface area contributed by atoms with E-state index in [2.05, 4.69) is 34.6 Å². The van der Waals surface area contributed by atoms with Gasteiger partial charge in [-0.05, 0) is 33.1 Å². The summed E-state index contributed by atoms with van der Waals surface area (Å²) in [5, 5.41) is 0.0211. The Balaban J connectivity index is 5.35. The largest absolute Gasteiger partial charge is 0.469 e. The number of methoxy groups -OCH3 is 1. The van der Waals surface area contributed by atoms with Gasteiger partial charge in [0.1, 0.15) is 0 Å². The number of esters is 1. The van der Waals surface area contributed by atoms with Gasteiger partial charge in [-0.15, -0.1) is 0 Å². The smallest absolute Gasteiger partial charge is 0.312 e. The number of thioether (sulfide) groups is 1. The molecule has 0 heterocycles. The van der Waals surface area contributed by atoms with Gasteiger partial charge in [-0.1, -0.05) is 46.4 Å². The van der Waals surface area contributed by atoms with E-state index in [0.717, 1.165) is 0 Å². The van der Waals surface area contributed by atoms with Crippen LogP contribution in [-0.4, -0.2) is 22.9 Å². The maximum Gasteiger partial charge on any atom is 0.312 e. The predicted molar refractivity (Wildman–Crippen MR) is 85.7 cm³/mol. The Morgan fingerprint density at radius 1 is 0.800 bits per heavy atom. The third-order valence-electron chi connectivity index (χ3n) is 4.92. The van der Waals surface area contributed by atoms with E-state index in [9.17, 15) is 9.59 Å². The highest BCUT2D eigenvalue weighted by atomic mass is 32.2. The van der Waals surface area contributed by atoms with E-state index in [1.165, 1.54) is 18.9 Å². The number of carbonyl (C=O) groups excluding carboxylic acids is 2. The van der Waals surface area contributed by atoms with Crippen molar-refractivity contribution in [2.75, 3.05) is 7.11 Å². The normalized spacial score (nSPS) is 14.1. The minimum absolute atomic E-state index is 0.0151. The summed E-state index contributed by atoms with van der Waals surface area (Å²) >= 11 is 1.32. The number of ether oxygens (including phenoxy) is 1. The van der Waals surface area contributed by atoms with Crippen molar-refractivity contribution in [1.82, 2.24) is 0 Å². The summed E-state index contributed by atoms with van der Waals surface area (Å²) in [7, 11) is 1.36. The van der Waals surface area contributed by atoms with Gasteiger partial charge < -0.3 is 4.74 Å². The first-order valence-electron chi connectivity index (χ1n) is 6.93. The maximum absolute atomic E-state index is 12.7. The zero-order chi connectivity index (χ0) is 16.6. The molecule has 0 aromatic heterocycles. The fourth-order valence-electron chi connectivity index (χ4n) is 1.28. The molecule has 0 radical (unpaired) electrons. The van der Waals surface area contributed by atoms with Crippen molar-refractivity contribution in [1.29, 1.82) is 0 Å². The molecule has 0 bridgehead atoms. The van der Waals surface area contributed by atoms with Crippen LogP contribution in [-0.2, 0) is 14.3 Å². The van der Waals surface area contributed by atoms with Crippen LogP contribution in [0.4, 0.5) is 0 Å². The second-order valence-corrected chi connectivity index (χ2v) is 9.49. The van der Waals surface area contributed by atoms with E-state index >= 15 is 0 Å².